The molecule has 0 amide bonds. The Morgan fingerprint density at radius 2 is 2.22 bits per heavy atom. The molecule has 0 fully saturated rings. The number of hydrogen-bond acceptors (Lipinski definition) is 4. The number of nitrogens with one attached hydrogen (secondary N) is 1. The maximum atomic E-state index is 13.3. The second-order valence-electron chi connectivity index (χ2n) is 4.44. The first kappa shape index (κ1) is 13.2. The number of thioether (sulfide) groups is 1. The zero-order chi connectivity index (χ0) is 13.1. The molecule has 0 aromatic heterocycles. The summed E-state index contributed by atoms with van der Waals surface area (Å²) in [6.07, 6.45) is 0. The van der Waals surface area contributed by atoms with E-state index in [9.17, 15) is 4.39 Å². The molecule has 0 spiro atoms. The highest BCUT2D eigenvalue weighted by atomic mass is 32.2. The molecule has 0 bridgehead atoms. The fourth-order valence-corrected chi connectivity index (χ4v) is 2.76. The van der Waals surface area contributed by atoms with Gasteiger partial charge in [0.1, 0.15) is 0 Å². The van der Waals surface area contributed by atoms with E-state index in [-0.39, 0.29) is 11.6 Å². The van der Waals surface area contributed by atoms with E-state index in [1.165, 1.54) is 13.2 Å². The molecule has 0 aliphatic carbocycles. The van der Waals surface area contributed by atoms with E-state index in [4.69, 9.17) is 4.74 Å². The van der Waals surface area contributed by atoms with Crippen LogP contribution in [0.2, 0.25) is 0 Å². The van der Waals surface area contributed by atoms with Gasteiger partial charge in [-0.15, -0.1) is 0 Å². The van der Waals surface area contributed by atoms with Gasteiger partial charge in [-0.25, -0.2) is 4.39 Å². The minimum Gasteiger partial charge on any atom is -0.494 e. The van der Waals surface area contributed by atoms with Gasteiger partial charge in [-0.2, -0.15) is 0 Å². The normalized spacial score (nSPS) is 23.4. The summed E-state index contributed by atoms with van der Waals surface area (Å²) in [4.78, 5) is 4.57. The molecule has 18 heavy (non-hydrogen) atoms. The van der Waals surface area contributed by atoms with Gasteiger partial charge in [-0.05, 0) is 25.0 Å². The second kappa shape index (κ2) is 5.61. The van der Waals surface area contributed by atoms with Gasteiger partial charge in [-0.1, -0.05) is 18.7 Å². The van der Waals surface area contributed by atoms with E-state index in [2.05, 4.69) is 24.2 Å². The molecule has 2 rings (SSSR count). The number of halogens is 1. The standard InChI is InChI=1S/C13H17FN2OS/c1-8-7-18-13(15-9(8)2)16-10-4-5-11(14)12(6-10)17-3/h4-6,8-9H,7H2,1-3H3,(H,15,16). The van der Waals surface area contributed by atoms with Crippen molar-refractivity contribution in [1.82, 2.24) is 0 Å². The van der Waals surface area contributed by atoms with Crippen molar-refractivity contribution in [3.05, 3.63) is 24.0 Å². The average Bonchev–Trinajstić information content (AvgIpc) is 2.36. The van der Waals surface area contributed by atoms with Crippen LogP contribution in [-0.4, -0.2) is 24.1 Å². The molecular weight excluding hydrogens is 251 g/mol. The maximum absolute atomic E-state index is 13.3. The molecule has 0 radical (unpaired) electrons. The van der Waals surface area contributed by atoms with E-state index in [0.717, 1.165) is 16.6 Å². The van der Waals surface area contributed by atoms with E-state index in [1.54, 1.807) is 23.9 Å². The zero-order valence-electron chi connectivity index (χ0n) is 10.7. The SMILES string of the molecule is COc1cc(NC2=NC(C)C(C)CS2)ccc1F. The summed E-state index contributed by atoms with van der Waals surface area (Å²) >= 11 is 1.69. The van der Waals surface area contributed by atoms with Crippen LogP contribution in [0.4, 0.5) is 10.1 Å². The number of ether oxygens (including phenoxy) is 1. The van der Waals surface area contributed by atoms with Crippen molar-refractivity contribution in [2.75, 3.05) is 18.2 Å². The first-order valence-electron chi connectivity index (χ1n) is 5.91. The molecule has 1 aromatic carbocycles. The Bertz CT molecular complexity index is 464. The average molecular weight is 268 g/mol. The summed E-state index contributed by atoms with van der Waals surface area (Å²) < 4.78 is 18.2. The van der Waals surface area contributed by atoms with Crippen molar-refractivity contribution < 1.29 is 9.13 Å². The molecule has 2 unspecified atom stereocenters. The van der Waals surface area contributed by atoms with E-state index in [0.29, 0.717) is 12.0 Å². The number of rotatable bonds is 2. The predicted octanol–water partition coefficient (Wildman–Crippen LogP) is 3.37. The van der Waals surface area contributed by atoms with Crippen LogP contribution in [0.15, 0.2) is 23.2 Å². The predicted molar refractivity (Wildman–Crippen MR) is 75.1 cm³/mol. The number of anilines is 1. The van der Waals surface area contributed by atoms with Crippen molar-refractivity contribution in [2.24, 2.45) is 10.9 Å². The number of benzene rings is 1. The highest BCUT2D eigenvalue weighted by Crippen LogP contribution is 2.26. The quantitative estimate of drug-likeness (QED) is 0.892. The highest BCUT2D eigenvalue weighted by Gasteiger charge is 2.19. The van der Waals surface area contributed by atoms with E-state index >= 15 is 0 Å². The van der Waals surface area contributed by atoms with Gasteiger partial charge < -0.3 is 10.1 Å². The number of nitrogens with zero attached hydrogens (tertiary/aromatic N) is 1. The van der Waals surface area contributed by atoms with Gasteiger partial charge in [0.15, 0.2) is 16.7 Å². The lowest BCUT2D eigenvalue weighted by atomic mass is 10.1. The Morgan fingerprint density at radius 3 is 2.89 bits per heavy atom. The van der Waals surface area contributed by atoms with Crippen LogP contribution in [0.25, 0.3) is 0 Å². The van der Waals surface area contributed by atoms with Crippen molar-refractivity contribution >= 4 is 22.6 Å². The summed E-state index contributed by atoms with van der Waals surface area (Å²) in [7, 11) is 1.46. The fourth-order valence-electron chi connectivity index (χ4n) is 1.63. The van der Waals surface area contributed by atoms with Crippen molar-refractivity contribution in [1.29, 1.82) is 0 Å². The molecule has 0 saturated carbocycles. The number of hydrogen-bond donors (Lipinski definition) is 1. The Morgan fingerprint density at radius 1 is 1.44 bits per heavy atom. The lowest BCUT2D eigenvalue weighted by molar-refractivity contribution is 0.387. The highest BCUT2D eigenvalue weighted by molar-refractivity contribution is 8.14. The molecule has 1 aliphatic heterocycles. The molecule has 1 aromatic rings. The van der Waals surface area contributed by atoms with Crippen LogP contribution in [0.1, 0.15) is 13.8 Å². The lowest BCUT2D eigenvalue weighted by Crippen LogP contribution is -2.25. The summed E-state index contributed by atoms with van der Waals surface area (Å²) in [6.45, 7) is 4.30. The van der Waals surface area contributed by atoms with Gasteiger partial charge >= 0.3 is 0 Å². The van der Waals surface area contributed by atoms with Gasteiger partial charge in [0.25, 0.3) is 0 Å². The molecule has 98 valence electrons. The largest absolute Gasteiger partial charge is 0.494 e. The molecule has 1 heterocycles. The molecule has 3 nitrogen and oxygen atoms in total. The molecule has 2 atom stereocenters. The Balaban J connectivity index is 2.12. The Hall–Kier alpha value is -1.23. The second-order valence-corrected chi connectivity index (χ2v) is 5.45. The van der Waals surface area contributed by atoms with Gasteiger partial charge in [0.2, 0.25) is 0 Å². The van der Waals surface area contributed by atoms with Crippen LogP contribution in [0.5, 0.6) is 5.75 Å². The van der Waals surface area contributed by atoms with Crippen molar-refractivity contribution in [3.8, 4) is 5.75 Å². The summed E-state index contributed by atoms with van der Waals surface area (Å²) in [5.74, 6) is 1.51. The van der Waals surface area contributed by atoms with E-state index in [1.807, 2.05) is 0 Å². The van der Waals surface area contributed by atoms with Gasteiger partial charge in [-0.3, -0.25) is 4.99 Å². The molecule has 0 saturated heterocycles. The van der Waals surface area contributed by atoms with Crippen molar-refractivity contribution in [3.63, 3.8) is 0 Å². The molecule has 1 N–H and O–H groups in total. The molecule has 5 heteroatoms. The molecule has 1 aliphatic rings. The third-order valence-electron chi connectivity index (χ3n) is 3.03. The van der Waals surface area contributed by atoms with Crippen LogP contribution >= 0.6 is 11.8 Å². The molecular formula is C13H17FN2OS. The summed E-state index contributed by atoms with van der Waals surface area (Å²) in [5, 5.41) is 4.08. The zero-order valence-corrected chi connectivity index (χ0v) is 11.6. The number of methoxy groups -OCH3 is 1. The van der Waals surface area contributed by atoms with Gasteiger partial charge in [0, 0.05) is 17.5 Å². The van der Waals surface area contributed by atoms with Crippen LogP contribution < -0.4 is 10.1 Å². The first-order chi connectivity index (χ1) is 8.60. The minimum atomic E-state index is -0.358. The fraction of sp³-hybridized carbons (Fsp3) is 0.462. The summed E-state index contributed by atoms with van der Waals surface area (Å²) in [5.41, 5.74) is 0.793. The Kier molecular flexibility index (Phi) is 4.11. The number of aliphatic imine (C=N–C) groups is 1. The van der Waals surface area contributed by atoms with Crippen LogP contribution in [-0.2, 0) is 0 Å². The Labute approximate surface area is 111 Å². The van der Waals surface area contributed by atoms with Crippen LogP contribution in [0, 0.1) is 11.7 Å². The summed E-state index contributed by atoms with van der Waals surface area (Å²) in [6, 6.07) is 5.03. The number of amidine groups is 1. The first-order valence-corrected chi connectivity index (χ1v) is 6.90. The van der Waals surface area contributed by atoms with Crippen LogP contribution in [0.3, 0.4) is 0 Å². The third kappa shape index (κ3) is 2.96. The minimum absolute atomic E-state index is 0.239. The monoisotopic (exact) mass is 268 g/mol. The topological polar surface area (TPSA) is 33.6 Å². The lowest BCUT2D eigenvalue weighted by Gasteiger charge is -2.23. The third-order valence-corrected chi connectivity index (χ3v) is 4.20. The van der Waals surface area contributed by atoms with Crippen molar-refractivity contribution in [2.45, 2.75) is 19.9 Å². The maximum Gasteiger partial charge on any atom is 0.165 e. The van der Waals surface area contributed by atoms with Gasteiger partial charge in [0.05, 0.1) is 13.2 Å². The van der Waals surface area contributed by atoms with E-state index < -0.39 is 0 Å². The smallest absolute Gasteiger partial charge is 0.165 e.